The first-order chi connectivity index (χ1) is 8.97. The van der Waals surface area contributed by atoms with Crippen LogP contribution >= 0.6 is 27.5 Å². The highest BCUT2D eigenvalue weighted by Crippen LogP contribution is 2.26. The zero-order chi connectivity index (χ0) is 14.0. The van der Waals surface area contributed by atoms with E-state index in [2.05, 4.69) is 26.2 Å². The van der Waals surface area contributed by atoms with Gasteiger partial charge in [-0.25, -0.2) is 9.37 Å². The van der Waals surface area contributed by atoms with Gasteiger partial charge >= 0.3 is 0 Å². The number of hydrogen-bond donors (Lipinski definition) is 2. The Morgan fingerprint density at radius 1 is 1.42 bits per heavy atom. The number of hydrogen-bond acceptors (Lipinski definition) is 3. The van der Waals surface area contributed by atoms with Crippen LogP contribution in [0.25, 0.3) is 0 Å². The van der Waals surface area contributed by atoms with Crippen LogP contribution in [0, 0.1) is 5.82 Å². The van der Waals surface area contributed by atoms with Crippen molar-refractivity contribution in [1.29, 1.82) is 0 Å². The molecule has 1 aromatic heterocycles. The van der Waals surface area contributed by atoms with E-state index < -0.39 is 11.7 Å². The predicted octanol–water partition coefficient (Wildman–Crippen LogP) is 3.48. The fourth-order valence-corrected chi connectivity index (χ4v) is 2.00. The molecule has 0 saturated carbocycles. The molecule has 1 heterocycles. The van der Waals surface area contributed by atoms with Gasteiger partial charge in [0.05, 0.1) is 15.1 Å². The fraction of sp³-hybridized carbons (Fsp3) is 0. The van der Waals surface area contributed by atoms with E-state index in [1.165, 1.54) is 24.4 Å². The number of carbonyl (C=O) groups is 1. The van der Waals surface area contributed by atoms with Crippen molar-refractivity contribution < 1.29 is 9.18 Å². The Labute approximate surface area is 121 Å². The van der Waals surface area contributed by atoms with Crippen LogP contribution in [-0.4, -0.2) is 10.9 Å². The number of amides is 1. The number of aromatic nitrogens is 1. The van der Waals surface area contributed by atoms with Crippen molar-refractivity contribution >= 4 is 44.9 Å². The monoisotopic (exact) mass is 343 g/mol. The summed E-state index contributed by atoms with van der Waals surface area (Å²) in [4.78, 5) is 15.0. The third-order valence-electron chi connectivity index (χ3n) is 2.31. The van der Waals surface area contributed by atoms with E-state index in [1.807, 2.05) is 0 Å². The number of benzene rings is 1. The van der Waals surface area contributed by atoms with E-state index in [0.29, 0.717) is 16.0 Å². The van der Waals surface area contributed by atoms with Crippen molar-refractivity contribution in [2.24, 2.45) is 5.73 Å². The molecule has 0 atom stereocenters. The standard InChI is InChI=1S/C12H8BrClFN3O/c13-8-3-6(11(16)19)5-17-12(8)18-7-1-2-10(15)9(14)4-7/h1-5H,(H2,16,19)(H,17,18). The molecule has 0 radical (unpaired) electrons. The van der Waals surface area contributed by atoms with Gasteiger partial charge in [-0.05, 0) is 40.2 Å². The Morgan fingerprint density at radius 3 is 2.74 bits per heavy atom. The lowest BCUT2D eigenvalue weighted by molar-refractivity contribution is 0.1000. The minimum Gasteiger partial charge on any atom is -0.366 e. The topological polar surface area (TPSA) is 68.0 Å². The van der Waals surface area contributed by atoms with Gasteiger partial charge in [-0.2, -0.15) is 0 Å². The molecule has 2 aromatic rings. The van der Waals surface area contributed by atoms with Gasteiger partial charge in [0, 0.05) is 11.9 Å². The maximum Gasteiger partial charge on any atom is 0.250 e. The van der Waals surface area contributed by atoms with Crippen molar-refractivity contribution in [2.45, 2.75) is 0 Å². The Hall–Kier alpha value is -1.66. The molecule has 0 spiro atoms. The van der Waals surface area contributed by atoms with Crippen LogP contribution in [0.1, 0.15) is 10.4 Å². The first kappa shape index (κ1) is 13.8. The van der Waals surface area contributed by atoms with Gasteiger partial charge in [0.15, 0.2) is 0 Å². The van der Waals surface area contributed by atoms with E-state index in [9.17, 15) is 9.18 Å². The maximum atomic E-state index is 13.0. The van der Waals surface area contributed by atoms with Gasteiger partial charge in [-0.1, -0.05) is 11.6 Å². The van der Waals surface area contributed by atoms with Crippen LogP contribution in [0.2, 0.25) is 5.02 Å². The smallest absolute Gasteiger partial charge is 0.250 e. The number of nitrogens with zero attached hydrogens (tertiary/aromatic N) is 1. The number of nitrogens with two attached hydrogens (primary N) is 1. The molecule has 19 heavy (non-hydrogen) atoms. The zero-order valence-corrected chi connectivity index (χ0v) is 11.8. The largest absolute Gasteiger partial charge is 0.366 e. The molecule has 4 nitrogen and oxygen atoms in total. The summed E-state index contributed by atoms with van der Waals surface area (Å²) in [6.07, 6.45) is 1.35. The van der Waals surface area contributed by atoms with Gasteiger partial charge in [-0.15, -0.1) is 0 Å². The minimum atomic E-state index is -0.565. The van der Waals surface area contributed by atoms with Crippen LogP contribution in [0.5, 0.6) is 0 Å². The molecule has 0 aliphatic heterocycles. The average Bonchev–Trinajstić information content (AvgIpc) is 2.36. The van der Waals surface area contributed by atoms with Crippen LogP contribution in [0.3, 0.4) is 0 Å². The molecule has 0 fully saturated rings. The van der Waals surface area contributed by atoms with Crippen molar-refractivity contribution in [2.75, 3.05) is 5.32 Å². The van der Waals surface area contributed by atoms with E-state index in [0.717, 1.165) is 0 Å². The lowest BCUT2D eigenvalue weighted by Crippen LogP contribution is -2.11. The van der Waals surface area contributed by atoms with Gasteiger partial charge in [0.1, 0.15) is 11.6 Å². The highest BCUT2D eigenvalue weighted by molar-refractivity contribution is 9.10. The Morgan fingerprint density at radius 2 is 2.16 bits per heavy atom. The average molecular weight is 345 g/mol. The highest BCUT2D eigenvalue weighted by atomic mass is 79.9. The summed E-state index contributed by atoms with van der Waals surface area (Å²) in [6.45, 7) is 0. The number of pyridine rings is 1. The van der Waals surface area contributed by atoms with Crippen molar-refractivity contribution in [3.63, 3.8) is 0 Å². The summed E-state index contributed by atoms with van der Waals surface area (Å²) in [5, 5.41) is 2.95. The highest BCUT2D eigenvalue weighted by Gasteiger charge is 2.08. The summed E-state index contributed by atoms with van der Waals surface area (Å²) < 4.78 is 13.6. The van der Waals surface area contributed by atoms with Crippen molar-refractivity contribution in [1.82, 2.24) is 4.98 Å². The molecule has 98 valence electrons. The summed E-state index contributed by atoms with van der Waals surface area (Å²) in [6, 6.07) is 5.75. The Bertz CT molecular complexity index is 651. The van der Waals surface area contributed by atoms with Crippen LogP contribution in [0.15, 0.2) is 34.9 Å². The molecule has 7 heteroatoms. The number of rotatable bonds is 3. The molecule has 2 rings (SSSR count). The molecule has 0 unspecified atom stereocenters. The lowest BCUT2D eigenvalue weighted by Gasteiger charge is -2.08. The van der Waals surface area contributed by atoms with Crippen molar-refractivity contribution in [3.05, 3.63) is 51.3 Å². The van der Waals surface area contributed by atoms with Crippen LogP contribution < -0.4 is 11.1 Å². The summed E-state index contributed by atoms with van der Waals surface area (Å²) >= 11 is 8.94. The van der Waals surface area contributed by atoms with E-state index >= 15 is 0 Å². The van der Waals surface area contributed by atoms with Crippen molar-refractivity contribution in [3.8, 4) is 0 Å². The van der Waals surface area contributed by atoms with E-state index in [4.69, 9.17) is 17.3 Å². The molecular weight excluding hydrogens is 337 g/mol. The third kappa shape index (κ3) is 3.21. The number of anilines is 2. The van der Waals surface area contributed by atoms with Gasteiger partial charge in [0.2, 0.25) is 5.91 Å². The van der Waals surface area contributed by atoms with Crippen LogP contribution in [-0.2, 0) is 0 Å². The quantitative estimate of drug-likeness (QED) is 0.896. The number of halogens is 3. The Balaban J connectivity index is 2.28. The van der Waals surface area contributed by atoms with Gasteiger partial charge in [-0.3, -0.25) is 4.79 Å². The molecule has 0 aliphatic rings. The first-order valence-electron chi connectivity index (χ1n) is 5.15. The summed E-state index contributed by atoms with van der Waals surface area (Å²) in [5.74, 6) is -0.597. The number of nitrogens with one attached hydrogen (secondary N) is 1. The molecule has 0 saturated heterocycles. The molecule has 0 aliphatic carbocycles. The van der Waals surface area contributed by atoms with E-state index in [1.54, 1.807) is 6.07 Å². The third-order valence-corrected chi connectivity index (χ3v) is 3.20. The molecule has 1 aromatic carbocycles. The SMILES string of the molecule is NC(=O)c1cnc(Nc2ccc(F)c(Cl)c2)c(Br)c1. The summed E-state index contributed by atoms with van der Waals surface area (Å²) in [5.41, 5.74) is 6.00. The number of primary amides is 1. The van der Waals surface area contributed by atoms with Gasteiger partial charge < -0.3 is 11.1 Å². The second-order valence-electron chi connectivity index (χ2n) is 3.67. The second-order valence-corrected chi connectivity index (χ2v) is 4.93. The minimum absolute atomic E-state index is 0.00915. The molecular formula is C12H8BrClFN3O. The lowest BCUT2D eigenvalue weighted by atomic mass is 10.2. The fourth-order valence-electron chi connectivity index (χ4n) is 1.38. The molecule has 3 N–H and O–H groups in total. The molecule has 0 bridgehead atoms. The normalized spacial score (nSPS) is 10.3. The zero-order valence-electron chi connectivity index (χ0n) is 9.45. The molecule has 1 amide bonds. The maximum absolute atomic E-state index is 13.0. The van der Waals surface area contributed by atoms with Gasteiger partial charge in [0.25, 0.3) is 0 Å². The second kappa shape index (κ2) is 5.54. The first-order valence-corrected chi connectivity index (χ1v) is 6.32. The van der Waals surface area contributed by atoms with E-state index in [-0.39, 0.29) is 10.6 Å². The Kier molecular flexibility index (Phi) is 4.01. The summed E-state index contributed by atoms with van der Waals surface area (Å²) in [7, 11) is 0. The van der Waals surface area contributed by atoms with Crippen LogP contribution in [0.4, 0.5) is 15.9 Å². The number of carbonyl (C=O) groups excluding carboxylic acids is 1. The predicted molar refractivity (Wildman–Crippen MR) is 75.1 cm³/mol.